The lowest BCUT2D eigenvalue weighted by Crippen LogP contribution is -2.33. The number of phenolic OH excluding ortho intramolecular Hbond substituents is 1. The third-order valence-corrected chi connectivity index (χ3v) is 5.62. The standard InChI is InChI=1S/C16H14I3NO4.ClH/c1-23-16(22)13(20)6-8-4-11(18)15(12(19)5-8)24-9-2-3-14(21)10(17)7-9;/h2-5,7,13,21H,6,20H2,1H3;1H/t13-;/m0./s1. The lowest BCUT2D eigenvalue weighted by atomic mass is 10.1. The molecule has 1 atom stereocenters. The third kappa shape index (κ3) is 6.26. The van der Waals surface area contributed by atoms with Crippen LogP contribution in [-0.2, 0) is 16.0 Å². The molecule has 0 aliphatic rings. The number of methoxy groups -OCH3 is 1. The van der Waals surface area contributed by atoms with Gasteiger partial charge in [0.05, 0.1) is 17.8 Å². The fourth-order valence-electron chi connectivity index (χ4n) is 1.99. The minimum atomic E-state index is -0.688. The average molecular weight is 701 g/mol. The van der Waals surface area contributed by atoms with E-state index in [0.29, 0.717) is 12.2 Å². The molecule has 0 heterocycles. The summed E-state index contributed by atoms with van der Waals surface area (Å²) in [6, 6.07) is 8.26. The molecule has 136 valence electrons. The van der Waals surface area contributed by atoms with Gasteiger partial charge < -0.3 is 20.3 Å². The van der Waals surface area contributed by atoms with Gasteiger partial charge in [-0.15, -0.1) is 12.4 Å². The van der Waals surface area contributed by atoms with E-state index in [-0.39, 0.29) is 18.2 Å². The SMILES string of the molecule is COC(=O)[C@@H](N)Cc1cc(I)c(Oc2ccc(O)c(I)c2)c(I)c1.Cl. The third-order valence-electron chi connectivity index (χ3n) is 3.16. The van der Waals surface area contributed by atoms with Crippen molar-refractivity contribution in [3.63, 3.8) is 0 Å². The van der Waals surface area contributed by atoms with Gasteiger partial charge in [0, 0.05) is 0 Å². The zero-order valence-electron chi connectivity index (χ0n) is 13.0. The van der Waals surface area contributed by atoms with Crippen LogP contribution in [0.1, 0.15) is 5.56 Å². The van der Waals surface area contributed by atoms with Gasteiger partial charge in [-0.1, -0.05) is 0 Å². The summed E-state index contributed by atoms with van der Waals surface area (Å²) < 4.78 is 13.1. The number of carbonyl (C=O) groups is 1. The van der Waals surface area contributed by atoms with Crippen LogP contribution in [0.4, 0.5) is 0 Å². The number of esters is 1. The smallest absolute Gasteiger partial charge is 0.322 e. The second-order valence-corrected chi connectivity index (χ2v) is 8.42. The van der Waals surface area contributed by atoms with Crippen LogP contribution in [0.2, 0.25) is 0 Å². The van der Waals surface area contributed by atoms with Gasteiger partial charge in [-0.05, 0) is 110 Å². The van der Waals surface area contributed by atoms with Crippen molar-refractivity contribution in [1.82, 2.24) is 0 Å². The van der Waals surface area contributed by atoms with Gasteiger partial charge >= 0.3 is 5.97 Å². The number of benzene rings is 2. The highest BCUT2D eigenvalue weighted by Gasteiger charge is 2.17. The van der Waals surface area contributed by atoms with Crippen LogP contribution in [0.25, 0.3) is 0 Å². The van der Waals surface area contributed by atoms with Gasteiger partial charge in [-0.25, -0.2) is 0 Å². The van der Waals surface area contributed by atoms with E-state index in [1.165, 1.54) is 7.11 Å². The van der Waals surface area contributed by atoms with Crippen molar-refractivity contribution in [2.75, 3.05) is 7.11 Å². The van der Waals surface area contributed by atoms with Crippen molar-refractivity contribution in [3.05, 3.63) is 46.6 Å². The molecule has 0 saturated heterocycles. The van der Waals surface area contributed by atoms with E-state index in [9.17, 15) is 9.90 Å². The molecule has 0 aliphatic heterocycles. The Hall–Kier alpha value is -0.0500. The molecule has 0 spiro atoms. The molecule has 0 bridgehead atoms. The summed E-state index contributed by atoms with van der Waals surface area (Å²) in [6.45, 7) is 0. The van der Waals surface area contributed by atoms with Gasteiger partial charge in [-0.2, -0.15) is 0 Å². The molecule has 0 aromatic heterocycles. The molecule has 0 amide bonds. The number of phenols is 1. The van der Waals surface area contributed by atoms with Crippen LogP contribution in [0.3, 0.4) is 0 Å². The maximum Gasteiger partial charge on any atom is 0.322 e. The average Bonchev–Trinajstić information content (AvgIpc) is 2.53. The van der Waals surface area contributed by atoms with Crippen LogP contribution in [0.5, 0.6) is 17.2 Å². The molecule has 0 unspecified atom stereocenters. The molecule has 0 radical (unpaired) electrons. The zero-order chi connectivity index (χ0) is 17.9. The summed E-state index contributed by atoms with van der Waals surface area (Å²) in [5.74, 6) is 1.17. The lowest BCUT2D eigenvalue weighted by Gasteiger charge is -2.14. The maximum atomic E-state index is 11.5. The molecule has 25 heavy (non-hydrogen) atoms. The minimum absolute atomic E-state index is 0. The number of hydrogen-bond acceptors (Lipinski definition) is 5. The van der Waals surface area contributed by atoms with E-state index >= 15 is 0 Å². The summed E-state index contributed by atoms with van der Waals surface area (Å²) in [5, 5.41) is 9.59. The Kier molecular flexibility index (Phi) is 9.50. The van der Waals surface area contributed by atoms with Crippen molar-refractivity contribution in [1.29, 1.82) is 0 Å². The molecule has 0 saturated carbocycles. The van der Waals surface area contributed by atoms with Crippen LogP contribution in [0.15, 0.2) is 30.3 Å². The van der Waals surface area contributed by atoms with E-state index in [2.05, 4.69) is 49.9 Å². The van der Waals surface area contributed by atoms with Gasteiger partial charge in [0.25, 0.3) is 0 Å². The zero-order valence-corrected chi connectivity index (χ0v) is 20.3. The fourth-order valence-corrected chi connectivity index (χ4v) is 4.59. The monoisotopic (exact) mass is 701 g/mol. The molecular weight excluding hydrogens is 686 g/mol. The largest absolute Gasteiger partial charge is 0.507 e. The lowest BCUT2D eigenvalue weighted by molar-refractivity contribution is -0.142. The molecule has 2 rings (SSSR count). The van der Waals surface area contributed by atoms with Crippen molar-refractivity contribution in [2.24, 2.45) is 5.73 Å². The van der Waals surface area contributed by atoms with Crippen molar-refractivity contribution >= 4 is 86.1 Å². The highest BCUT2D eigenvalue weighted by molar-refractivity contribution is 14.1. The highest BCUT2D eigenvalue weighted by atomic mass is 127. The van der Waals surface area contributed by atoms with Crippen molar-refractivity contribution in [3.8, 4) is 17.2 Å². The van der Waals surface area contributed by atoms with Crippen LogP contribution in [0, 0.1) is 10.7 Å². The van der Waals surface area contributed by atoms with Gasteiger partial charge in [-0.3, -0.25) is 4.79 Å². The minimum Gasteiger partial charge on any atom is -0.507 e. The van der Waals surface area contributed by atoms with Crippen molar-refractivity contribution < 1.29 is 19.4 Å². The first-order valence-electron chi connectivity index (χ1n) is 6.79. The molecular formula is C16H15ClI3NO4. The van der Waals surface area contributed by atoms with Crippen LogP contribution < -0.4 is 10.5 Å². The predicted octanol–water partition coefficient (Wildman–Crippen LogP) is 4.46. The number of ether oxygens (including phenoxy) is 2. The summed E-state index contributed by atoms with van der Waals surface area (Å²) >= 11 is 6.43. The van der Waals surface area contributed by atoms with Gasteiger partial charge in [0.2, 0.25) is 0 Å². The highest BCUT2D eigenvalue weighted by Crippen LogP contribution is 2.34. The van der Waals surface area contributed by atoms with E-state index in [1.54, 1.807) is 18.2 Å². The topological polar surface area (TPSA) is 81.8 Å². The molecule has 0 fully saturated rings. The Bertz CT molecular complexity index is 750. The maximum absolute atomic E-state index is 11.5. The molecule has 3 N–H and O–H groups in total. The number of hydrogen-bond donors (Lipinski definition) is 2. The first kappa shape index (κ1) is 23.0. The molecule has 2 aromatic carbocycles. The Balaban J connectivity index is 0.00000312. The summed E-state index contributed by atoms with van der Waals surface area (Å²) in [5.41, 5.74) is 6.76. The van der Waals surface area contributed by atoms with Crippen LogP contribution >= 0.6 is 80.2 Å². The summed E-state index contributed by atoms with van der Waals surface area (Å²) in [6.07, 6.45) is 0.399. The number of rotatable bonds is 5. The van der Waals surface area contributed by atoms with Crippen LogP contribution in [-0.4, -0.2) is 24.2 Å². The number of carbonyl (C=O) groups excluding carboxylic acids is 1. The molecule has 5 nitrogen and oxygen atoms in total. The van der Waals surface area contributed by atoms with Gasteiger partial charge in [0.15, 0.2) is 5.75 Å². The van der Waals surface area contributed by atoms with E-state index in [1.807, 2.05) is 34.7 Å². The summed E-state index contributed by atoms with van der Waals surface area (Å²) in [7, 11) is 1.33. The molecule has 2 aromatic rings. The number of aromatic hydroxyl groups is 1. The Labute approximate surface area is 192 Å². The fraction of sp³-hybridized carbons (Fsp3) is 0.188. The quantitative estimate of drug-likeness (QED) is 0.356. The first-order chi connectivity index (χ1) is 11.3. The van der Waals surface area contributed by atoms with E-state index < -0.39 is 12.0 Å². The van der Waals surface area contributed by atoms with E-state index in [0.717, 1.165) is 22.0 Å². The summed E-state index contributed by atoms with van der Waals surface area (Å²) in [4.78, 5) is 11.5. The Morgan fingerprint density at radius 3 is 2.28 bits per heavy atom. The number of nitrogens with two attached hydrogens (primary N) is 1. The predicted molar refractivity (Wildman–Crippen MR) is 124 cm³/mol. The number of halogens is 4. The first-order valence-corrected chi connectivity index (χ1v) is 10.0. The van der Waals surface area contributed by atoms with E-state index in [4.69, 9.17) is 10.5 Å². The molecule has 9 heteroatoms. The Morgan fingerprint density at radius 2 is 1.76 bits per heavy atom. The second kappa shape index (κ2) is 10.3. The Morgan fingerprint density at radius 1 is 1.16 bits per heavy atom. The second-order valence-electron chi connectivity index (χ2n) is 4.94. The molecule has 0 aliphatic carbocycles. The normalized spacial score (nSPS) is 11.4. The van der Waals surface area contributed by atoms with Gasteiger partial charge in [0.1, 0.15) is 17.5 Å². The van der Waals surface area contributed by atoms with Crippen molar-refractivity contribution in [2.45, 2.75) is 12.5 Å².